The van der Waals surface area contributed by atoms with Crippen molar-refractivity contribution in [3.63, 3.8) is 0 Å². The van der Waals surface area contributed by atoms with Gasteiger partial charge < -0.3 is 24.3 Å². The van der Waals surface area contributed by atoms with Crippen LogP contribution in [0.25, 0.3) is 0 Å². The lowest BCUT2D eigenvalue weighted by atomic mass is 9.98. The Morgan fingerprint density at radius 3 is 2.50 bits per heavy atom. The summed E-state index contributed by atoms with van der Waals surface area (Å²) in [7, 11) is -2.53. The minimum atomic E-state index is -4.00. The third-order valence-electron chi connectivity index (χ3n) is 5.00. The molecule has 0 spiro atoms. The van der Waals surface area contributed by atoms with Crippen LogP contribution in [-0.4, -0.2) is 46.1 Å². The van der Waals surface area contributed by atoms with Crippen LogP contribution in [0.15, 0.2) is 47.4 Å². The lowest BCUT2D eigenvalue weighted by Gasteiger charge is -2.32. The predicted octanol–water partition coefficient (Wildman–Crippen LogP) is 2.76. The first-order chi connectivity index (χ1) is 14.3. The molecule has 1 saturated heterocycles. The fourth-order valence-corrected chi connectivity index (χ4v) is 4.28. The van der Waals surface area contributed by atoms with Gasteiger partial charge in [-0.15, -0.1) is 0 Å². The average Bonchev–Trinajstić information content (AvgIpc) is 2.72. The van der Waals surface area contributed by atoms with E-state index in [2.05, 4.69) is 0 Å². The summed E-state index contributed by atoms with van der Waals surface area (Å²) in [5, 5.41) is 7.50. The van der Waals surface area contributed by atoms with Crippen molar-refractivity contribution in [2.75, 3.05) is 26.8 Å². The van der Waals surface area contributed by atoms with E-state index >= 15 is 0 Å². The van der Waals surface area contributed by atoms with Crippen molar-refractivity contribution in [3.8, 4) is 17.2 Å². The highest BCUT2D eigenvalue weighted by molar-refractivity contribution is 7.87. The van der Waals surface area contributed by atoms with Crippen molar-refractivity contribution in [3.05, 3.63) is 48.0 Å². The van der Waals surface area contributed by atoms with Crippen molar-refractivity contribution in [2.45, 2.75) is 24.7 Å². The number of benzene rings is 2. The van der Waals surface area contributed by atoms with E-state index in [1.807, 2.05) is 17.9 Å². The Labute approximate surface area is 177 Å². The lowest BCUT2D eigenvalue weighted by molar-refractivity contribution is 0.180. The number of nitrogens with zero attached hydrogens (tertiary/aromatic N) is 1. The first kappa shape index (κ1) is 21.8. The molecule has 2 aromatic rings. The normalized spacial score (nSPS) is 14.9. The van der Waals surface area contributed by atoms with E-state index in [0.717, 1.165) is 31.5 Å². The number of methoxy groups -OCH3 is 1. The molecule has 0 amide bonds. The molecule has 0 saturated carbocycles. The maximum atomic E-state index is 12.6. The quantitative estimate of drug-likeness (QED) is 0.392. The number of rotatable bonds is 7. The summed E-state index contributed by atoms with van der Waals surface area (Å²) in [5.41, 5.74) is 6.36. The van der Waals surface area contributed by atoms with Crippen LogP contribution < -0.4 is 19.4 Å². The van der Waals surface area contributed by atoms with E-state index in [1.54, 1.807) is 24.3 Å². The number of ether oxygens (including phenoxy) is 2. The van der Waals surface area contributed by atoms with Crippen LogP contribution in [0.5, 0.6) is 17.2 Å². The van der Waals surface area contributed by atoms with E-state index in [1.165, 1.54) is 19.2 Å². The number of likely N-dealkylation sites (tertiary alicyclic amines) is 1. The third kappa shape index (κ3) is 5.56. The molecule has 30 heavy (non-hydrogen) atoms. The van der Waals surface area contributed by atoms with Crippen molar-refractivity contribution in [1.82, 2.24) is 4.90 Å². The predicted molar refractivity (Wildman–Crippen MR) is 114 cm³/mol. The van der Waals surface area contributed by atoms with Gasteiger partial charge in [0.25, 0.3) is 0 Å². The average molecular weight is 434 g/mol. The first-order valence-electron chi connectivity index (χ1n) is 9.69. The highest BCUT2D eigenvalue weighted by atomic mass is 32.2. The zero-order valence-corrected chi connectivity index (χ0v) is 17.9. The van der Waals surface area contributed by atoms with Gasteiger partial charge in [0.2, 0.25) is 0 Å². The zero-order chi connectivity index (χ0) is 21.7. The van der Waals surface area contributed by atoms with E-state index in [9.17, 15) is 8.42 Å². The Morgan fingerprint density at radius 1 is 1.13 bits per heavy atom. The Balaban J connectivity index is 1.65. The van der Waals surface area contributed by atoms with E-state index in [0.29, 0.717) is 24.0 Å². The van der Waals surface area contributed by atoms with Gasteiger partial charge in [-0.3, -0.25) is 5.41 Å². The Kier molecular flexibility index (Phi) is 6.71. The van der Waals surface area contributed by atoms with Crippen LogP contribution in [0.4, 0.5) is 0 Å². The molecular formula is C21H27N3O5S. The fraction of sp³-hybridized carbons (Fsp3) is 0.381. The molecule has 0 unspecified atom stereocenters. The van der Waals surface area contributed by atoms with Gasteiger partial charge in [-0.25, -0.2) is 0 Å². The second kappa shape index (κ2) is 9.25. The molecule has 0 bridgehead atoms. The molecule has 8 nitrogen and oxygen atoms in total. The SMILES string of the molecule is COc1cccc(S(=O)(=O)Oc2cc(C)cc(OCC3CCN(C(=N)N)CC3)c2)c1. The molecule has 162 valence electrons. The molecule has 0 aliphatic carbocycles. The molecule has 3 rings (SSSR count). The summed E-state index contributed by atoms with van der Waals surface area (Å²) in [4.78, 5) is 1.86. The van der Waals surface area contributed by atoms with E-state index in [4.69, 9.17) is 24.8 Å². The smallest absolute Gasteiger partial charge is 0.339 e. The number of nitrogens with one attached hydrogen (secondary N) is 1. The second-order valence-electron chi connectivity index (χ2n) is 7.32. The van der Waals surface area contributed by atoms with Gasteiger partial charge in [-0.2, -0.15) is 8.42 Å². The molecule has 0 aromatic heterocycles. The molecule has 3 N–H and O–H groups in total. The second-order valence-corrected chi connectivity index (χ2v) is 8.87. The monoisotopic (exact) mass is 433 g/mol. The Morgan fingerprint density at radius 2 is 1.83 bits per heavy atom. The van der Waals surface area contributed by atoms with Gasteiger partial charge in [0, 0.05) is 25.2 Å². The number of aryl methyl sites for hydroxylation is 1. The summed E-state index contributed by atoms with van der Waals surface area (Å²) in [6.45, 7) is 3.84. The molecule has 1 fully saturated rings. The van der Waals surface area contributed by atoms with Gasteiger partial charge in [-0.1, -0.05) is 6.07 Å². The van der Waals surface area contributed by atoms with Crippen LogP contribution in [0.2, 0.25) is 0 Å². The van der Waals surface area contributed by atoms with Gasteiger partial charge in [0.1, 0.15) is 22.1 Å². The van der Waals surface area contributed by atoms with Crippen LogP contribution >= 0.6 is 0 Å². The molecule has 1 aliphatic heterocycles. The molecule has 0 radical (unpaired) electrons. The summed E-state index contributed by atoms with van der Waals surface area (Å²) in [6, 6.07) is 11.2. The van der Waals surface area contributed by atoms with Crippen LogP contribution in [0.1, 0.15) is 18.4 Å². The lowest BCUT2D eigenvalue weighted by Crippen LogP contribution is -2.43. The Hall–Kier alpha value is -2.94. The van der Waals surface area contributed by atoms with Gasteiger partial charge >= 0.3 is 10.1 Å². The highest BCUT2D eigenvalue weighted by Gasteiger charge is 2.21. The third-order valence-corrected chi connectivity index (χ3v) is 6.24. The minimum Gasteiger partial charge on any atom is -0.497 e. The summed E-state index contributed by atoms with van der Waals surface area (Å²) < 4.78 is 41.6. The molecule has 1 heterocycles. The summed E-state index contributed by atoms with van der Waals surface area (Å²) in [5.74, 6) is 1.64. The van der Waals surface area contributed by atoms with Crippen molar-refractivity contribution in [2.24, 2.45) is 11.7 Å². The fourth-order valence-electron chi connectivity index (χ4n) is 3.33. The maximum absolute atomic E-state index is 12.6. The van der Waals surface area contributed by atoms with Gasteiger partial charge in [0.15, 0.2) is 5.96 Å². The minimum absolute atomic E-state index is 0.0167. The van der Waals surface area contributed by atoms with Gasteiger partial charge in [0.05, 0.1) is 13.7 Å². The number of guanidine groups is 1. The standard InChI is InChI=1S/C21H27N3O5S/c1-15-10-18(28-14-16-6-8-24(9-7-16)21(22)23)12-19(11-15)29-30(25,26)20-5-3-4-17(13-20)27-2/h3-5,10-13,16H,6-9,14H2,1-2H3,(H3,22,23). The first-order valence-corrected chi connectivity index (χ1v) is 11.1. The van der Waals surface area contributed by atoms with Crippen LogP contribution in [0, 0.1) is 18.3 Å². The zero-order valence-electron chi connectivity index (χ0n) is 17.1. The number of hydrogen-bond donors (Lipinski definition) is 2. The molecular weight excluding hydrogens is 406 g/mol. The van der Waals surface area contributed by atoms with Gasteiger partial charge in [-0.05, 0) is 55.5 Å². The molecule has 0 atom stereocenters. The summed E-state index contributed by atoms with van der Waals surface area (Å²) in [6.07, 6.45) is 1.78. The van der Waals surface area contributed by atoms with Crippen LogP contribution in [-0.2, 0) is 10.1 Å². The molecule has 1 aliphatic rings. The van der Waals surface area contributed by atoms with E-state index in [-0.39, 0.29) is 16.6 Å². The largest absolute Gasteiger partial charge is 0.497 e. The number of nitrogens with two attached hydrogens (primary N) is 1. The Bertz CT molecular complexity index is 1000. The van der Waals surface area contributed by atoms with E-state index < -0.39 is 10.1 Å². The van der Waals surface area contributed by atoms with Crippen molar-refractivity contribution >= 4 is 16.1 Å². The van der Waals surface area contributed by atoms with Crippen molar-refractivity contribution in [1.29, 1.82) is 5.41 Å². The number of piperidine rings is 1. The highest BCUT2D eigenvalue weighted by Crippen LogP contribution is 2.28. The number of hydrogen-bond acceptors (Lipinski definition) is 6. The molecule has 2 aromatic carbocycles. The van der Waals surface area contributed by atoms with Crippen LogP contribution in [0.3, 0.4) is 0 Å². The molecule has 9 heteroatoms. The topological polar surface area (TPSA) is 115 Å². The summed E-state index contributed by atoms with van der Waals surface area (Å²) >= 11 is 0. The maximum Gasteiger partial charge on any atom is 0.339 e. The van der Waals surface area contributed by atoms with Crippen molar-refractivity contribution < 1.29 is 22.1 Å².